The van der Waals surface area contributed by atoms with Crippen LogP contribution in [0.1, 0.15) is 32.1 Å². The number of halogens is 1. The smallest absolute Gasteiger partial charge is 0.180 e. The highest BCUT2D eigenvalue weighted by Gasteiger charge is 2.19. The monoisotopic (exact) mass is 318 g/mol. The van der Waals surface area contributed by atoms with E-state index in [1.807, 2.05) is 6.20 Å². The number of thiazole rings is 1. The fourth-order valence-corrected chi connectivity index (χ4v) is 3.01. The highest BCUT2D eigenvalue weighted by atomic mass is 35.5. The highest BCUT2D eigenvalue weighted by Crippen LogP contribution is 2.20. The van der Waals surface area contributed by atoms with E-state index in [1.54, 1.807) is 11.3 Å². The summed E-state index contributed by atoms with van der Waals surface area (Å²) in [5.41, 5.74) is 6.11. The second-order valence-electron chi connectivity index (χ2n) is 6.59. The zero-order valence-electron chi connectivity index (χ0n) is 12.8. The first kappa shape index (κ1) is 17.7. The molecule has 2 N–H and O–H groups in total. The summed E-state index contributed by atoms with van der Waals surface area (Å²) in [7, 11) is 0. The van der Waals surface area contributed by atoms with Crippen LogP contribution >= 0.6 is 23.7 Å². The summed E-state index contributed by atoms with van der Waals surface area (Å²) in [6.07, 6.45) is 3.18. The summed E-state index contributed by atoms with van der Waals surface area (Å²) < 4.78 is 0. The molecular weight excluding hydrogens is 292 g/mol. The molecule has 0 atom stereocenters. The van der Waals surface area contributed by atoms with Gasteiger partial charge in [-0.05, 0) is 18.4 Å². The van der Waals surface area contributed by atoms with Crippen molar-refractivity contribution in [3.63, 3.8) is 0 Å². The fourth-order valence-electron chi connectivity index (χ4n) is 2.28. The predicted molar refractivity (Wildman–Crippen MR) is 89.6 cm³/mol. The van der Waals surface area contributed by atoms with Gasteiger partial charge >= 0.3 is 0 Å². The Morgan fingerprint density at radius 2 is 1.80 bits per heavy atom. The van der Waals surface area contributed by atoms with Crippen LogP contribution in [0.4, 0.5) is 5.13 Å². The molecule has 116 valence electrons. The number of nitrogen functional groups attached to an aromatic ring is 1. The van der Waals surface area contributed by atoms with Crippen molar-refractivity contribution in [1.82, 2.24) is 14.8 Å². The maximum atomic E-state index is 5.67. The lowest BCUT2D eigenvalue weighted by atomic mass is 9.92. The Labute approximate surface area is 132 Å². The molecular formula is C14H27ClN4S. The van der Waals surface area contributed by atoms with E-state index >= 15 is 0 Å². The Balaban J connectivity index is 0.00000200. The lowest BCUT2D eigenvalue weighted by Crippen LogP contribution is -2.46. The first-order valence-electron chi connectivity index (χ1n) is 7.07. The Kier molecular flexibility index (Phi) is 6.72. The molecule has 20 heavy (non-hydrogen) atoms. The molecule has 1 aromatic rings. The van der Waals surface area contributed by atoms with Gasteiger partial charge in [-0.3, -0.25) is 4.90 Å². The third kappa shape index (κ3) is 5.95. The van der Waals surface area contributed by atoms with Crippen LogP contribution in [-0.2, 0) is 6.54 Å². The molecule has 1 saturated heterocycles. The number of rotatable bonds is 4. The van der Waals surface area contributed by atoms with Crippen molar-refractivity contribution >= 4 is 28.9 Å². The Morgan fingerprint density at radius 3 is 2.30 bits per heavy atom. The minimum absolute atomic E-state index is 0. The third-order valence-corrected chi connectivity index (χ3v) is 4.41. The van der Waals surface area contributed by atoms with Crippen molar-refractivity contribution in [3.8, 4) is 0 Å². The van der Waals surface area contributed by atoms with E-state index < -0.39 is 0 Å². The third-order valence-electron chi connectivity index (χ3n) is 3.59. The number of nitrogens with two attached hydrogens (primary N) is 1. The summed E-state index contributed by atoms with van der Waals surface area (Å²) >= 11 is 1.61. The molecule has 2 rings (SSSR count). The molecule has 4 nitrogen and oxygen atoms in total. The largest absolute Gasteiger partial charge is 0.375 e. The average Bonchev–Trinajstić information content (AvgIpc) is 2.73. The van der Waals surface area contributed by atoms with Gasteiger partial charge in [0.25, 0.3) is 0 Å². The van der Waals surface area contributed by atoms with Crippen molar-refractivity contribution in [2.24, 2.45) is 5.41 Å². The zero-order chi connectivity index (χ0) is 13.9. The topological polar surface area (TPSA) is 45.4 Å². The summed E-state index contributed by atoms with van der Waals surface area (Å²) in [5.74, 6) is 0. The fraction of sp³-hybridized carbons (Fsp3) is 0.786. The quantitative estimate of drug-likeness (QED) is 0.927. The average molecular weight is 319 g/mol. The lowest BCUT2D eigenvalue weighted by Gasteiger charge is -2.35. The minimum Gasteiger partial charge on any atom is -0.375 e. The van der Waals surface area contributed by atoms with Gasteiger partial charge in [-0.1, -0.05) is 20.8 Å². The predicted octanol–water partition coefficient (Wildman–Crippen LogP) is 2.70. The van der Waals surface area contributed by atoms with Gasteiger partial charge in [-0.25, -0.2) is 4.98 Å². The van der Waals surface area contributed by atoms with Crippen LogP contribution in [0.25, 0.3) is 0 Å². The van der Waals surface area contributed by atoms with E-state index in [2.05, 4.69) is 35.6 Å². The van der Waals surface area contributed by atoms with E-state index in [1.165, 1.54) is 30.9 Å². The van der Waals surface area contributed by atoms with Gasteiger partial charge in [-0.2, -0.15) is 0 Å². The van der Waals surface area contributed by atoms with Crippen LogP contribution in [0.5, 0.6) is 0 Å². The van der Waals surface area contributed by atoms with Gasteiger partial charge in [0.1, 0.15) is 0 Å². The molecule has 0 spiro atoms. The zero-order valence-corrected chi connectivity index (χ0v) is 14.4. The van der Waals surface area contributed by atoms with Crippen molar-refractivity contribution in [2.75, 3.05) is 38.5 Å². The standard InChI is InChI=1S/C14H26N4S.ClH/c1-14(2,3)4-5-17-6-8-18(9-7-17)11-12-10-16-13(15)19-12;/h10H,4-9,11H2,1-3H3,(H2,15,16);1H. The molecule has 0 radical (unpaired) electrons. The molecule has 0 saturated carbocycles. The van der Waals surface area contributed by atoms with Crippen molar-refractivity contribution in [3.05, 3.63) is 11.1 Å². The second-order valence-corrected chi connectivity index (χ2v) is 7.74. The van der Waals surface area contributed by atoms with Gasteiger partial charge in [0.2, 0.25) is 0 Å². The maximum absolute atomic E-state index is 5.67. The van der Waals surface area contributed by atoms with Crippen LogP contribution in [0, 0.1) is 5.41 Å². The lowest BCUT2D eigenvalue weighted by molar-refractivity contribution is 0.117. The summed E-state index contributed by atoms with van der Waals surface area (Å²) in [4.78, 5) is 10.5. The Hall–Kier alpha value is -0.360. The number of hydrogen-bond acceptors (Lipinski definition) is 5. The van der Waals surface area contributed by atoms with Crippen LogP contribution < -0.4 is 5.73 Å². The van der Waals surface area contributed by atoms with Crippen LogP contribution in [0.3, 0.4) is 0 Å². The van der Waals surface area contributed by atoms with Crippen molar-refractivity contribution < 1.29 is 0 Å². The normalized spacial score (nSPS) is 17.9. The first-order chi connectivity index (χ1) is 8.92. The molecule has 1 aliphatic rings. The molecule has 6 heteroatoms. The van der Waals surface area contributed by atoms with Crippen LogP contribution in [0.15, 0.2) is 6.20 Å². The van der Waals surface area contributed by atoms with E-state index in [0.717, 1.165) is 19.6 Å². The molecule has 0 bridgehead atoms. The number of anilines is 1. The molecule has 1 aliphatic heterocycles. The first-order valence-corrected chi connectivity index (χ1v) is 7.89. The van der Waals surface area contributed by atoms with Gasteiger partial charge in [0, 0.05) is 43.8 Å². The molecule has 0 amide bonds. The molecule has 1 fully saturated rings. The van der Waals surface area contributed by atoms with Crippen LogP contribution in [-0.4, -0.2) is 47.5 Å². The molecule has 1 aromatic heterocycles. The Morgan fingerprint density at radius 1 is 1.20 bits per heavy atom. The summed E-state index contributed by atoms with van der Waals surface area (Å²) in [6.45, 7) is 13.9. The SMILES string of the molecule is CC(C)(C)CCN1CCN(Cc2cnc(N)s2)CC1.Cl. The number of hydrogen-bond donors (Lipinski definition) is 1. The van der Waals surface area contributed by atoms with Gasteiger partial charge < -0.3 is 10.6 Å². The Bertz CT molecular complexity index is 394. The van der Waals surface area contributed by atoms with E-state index in [0.29, 0.717) is 10.5 Å². The van der Waals surface area contributed by atoms with E-state index in [-0.39, 0.29) is 12.4 Å². The number of aromatic nitrogens is 1. The van der Waals surface area contributed by atoms with Gasteiger partial charge in [-0.15, -0.1) is 23.7 Å². The molecule has 0 aromatic carbocycles. The molecule has 2 heterocycles. The summed E-state index contributed by atoms with van der Waals surface area (Å²) in [6, 6.07) is 0. The maximum Gasteiger partial charge on any atom is 0.180 e. The number of piperazine rings is 1. The highest BCUT2D eigenvalue weighted by molar-refractivity contribution is 7.15. The van der Waals surface area contributed by atoms with Gasteiger partial charge in [0.15, 0.2) is 5.13 Å². The van der Waals surface area contributed by atoms with E-state index in [9.17, 15) is 0 Å². The summed E-state index contributed by atoms with van der Waals surface area (Å²) in [5, 5.41) is 0.679. The van der Waals surface area contributed by atoms with Crippen molar-refractivity contribution in [1.29, 1.82) is 0 Å². The van der Waals surface area contributed by atoms with Crippen molar-refractivity contribution in [2.45, 2.75) is 33.7 Å². The van der Waals surface area contributed by atoms with Gasteiger partial charge in [0.05, 0.1) is 0 Å². The second kappa shape index (κ2) is 7.59. The minimum atomic E-state index is 0. The molecule has 0 unspecified atom stereocenters. The van der Waals surface area contributed by atoms with E-state index in [4.69, 9.17) is 5.73 Å². The van der Waals surface area contributed by atoms with Crippen LogP contribution in [0.2, 0.25) is 0 Å². The molecule has 0 aliphatic carbocycles. The number of nitrogens with zero attached hydrogens (tertiary/aromatic N) is 3.